The minimum atomic E-state index is -0.0643. The number of anilines is 2. The number of carbonyl (C=O) groups excluding carboxylic acids is 1. The van der Waals surface area contributed by atoms with Crippen LogP contribution in [0, 0.1) is 29.6 Å². The van der Waals surface area contributed by atoms with E-state index >= 15 is 0 Å². The zero-order chi connectivity index (χ0) is 14.3. The van der Waals surface area contributed by atoms with Gasteiger partial charge in [-0.2, -0.15) is 10.5 Å². The number of hydrogen-bond donors (Lipinski definition) is 2. The maximum absolute atomic E-state index is 11.4. The van der Waals surface area contributed by atoms with Gasteiger partial charge in [-0.1, -0.05) is 13.0 Å². The molecule has 0 aromatic heterocycles. The standard InChI is InChI=1S/C14H14N4O/c1-3-14(19)18-13-6-4-5-12(10(13)2)17-9-11(7-15)8-16/h4-6,9,17H,3H2,1-2H3,(H,18,19). The first-order chi connectivity index (χ1) is 9.12. The second kappa shape index (κ2) is 6.83. The van der Waals surface area contributed by atoms with E-state index in [1.807, 2.05) is 6.92 Å². The van der Waals surface area contributed by atoms with Crippen LogP contribution in [0.1, 0.15) is 18.9 Å². The number of hydrogen-bond acceptors (Lipinski definition) is 4. The molecule has 1 aromatic carbocycles. The number of rotatable bonds is 4. The summed E-state index contributed by atoms with van der Waals surface area (Å²) in [4.78, 5) is 11.4. The highest BCUT2D eigenvalue weighted by Gasteiger charge is 2.05. The highest BCUT2D eigenvalue weighted by Crippen LogP contribution is 2.23. The van der Waals surface area contributed by atoms with Crippen LogP contribution in [0.3, 0.4) is 0 Å². The van der Waals surface area contributed by atoms with Gasteiger partial charge in [-0.05, 0) is 24.6 Å². The molecule has 0 atom stereocenters. The summed E-state index contributed by atoms with van der Waals surface area (Å²) in [7, 11) is 0. The maximum atomic E-state index is 11.4. The molecule has 0 radical (unpaired) electrons. The molecular formula is C14H14N4O. The Balaban J connectivity index is 2.96. The number of benzene rings is 1. The van der Waals surface area contributed by atoms with Gasteiger partial charge in [0.25, 0.3) is 0 Å². The summed E-state index contributed by atoms with van der Waals surface area (Å²) in [6, 6.07) is 8.92. The number of amides is 1. The van der Waals surface area contributed by atoms with Crippen LogP contribution < -0.4 is 10.6 Å². The Bertz CT molecular complexity index is 574. The van der Waals surface area contributed by atoms with E-state index in [1.165, 1.54) is 6.20 Å². The molecule has 5 heteroatoms. The van der Waals surface area contributed by atoms with Crippen LogP contribution in [-0.4, -0.2) is 5.91 Å². The molecule has 1 aromatic rings. The first-order valence-corrected chi connectivity index (χ1v) is 5.78. The molecular weight excluding hydrogens is 240 g/mol. The number of nitrogens with zero attached hydrogens (tertiary/aromatic N) is 2. The molecule has 1 amide bonds. The van der Waals surface area contributed by atoms with Crippen LogP contribution in [0.5, 0.6) is 0 Å². The highest BCUT2D eigenvalue weighted by molar-refractivity contribution is 5.92. The van der Waals surface area contributed by atoms with E-state index in [1.54, 1.807) is 37.3 Å². The number of nitrogens with one attached hydrogen (secondary N) is 2. The summed E-state index contributed by atoms with van der Waals surface area (Å²) in [6.45, 7) is 3.63. The van der Waals surface area contributed by atoms with Gasteiger partial charge in [-0.15, -0.1) is 0 Å². The third-order valence-electron chi connectivity index (χ3n) is 2.54. The minimum Gasteiger partial charge on any atom is -0.360 e. The largest absolute Gasteiger partial charge is 0.360 e. The van der Waals surface area contributed by atoms with Crippen LogP contribution in [0.2, 0.25) is 0 Å². The fourth-order valence-corrected chi connectivity index (χ4v) is 1.41. The number of nitriles is 2. The van der Waals surface area contributed by atoms with Gasteiger partial charge in [0, 0.05) is 24.0 Å². The average molecular weight is 254 g/mol. The molecule has 2 N–H and O–H groups in total. The zero-order valence-electron chi connectivity index (χ0n) is 10.8. The van der Waals surface area contributed by atoms with Gasteiger partial charge in [0.2, 0.25) is 5.91 Å². The molecule has 0 saturated heterocycles. The molecule has 0 bridgehead atoms. The van der Waals surface area contributed by atoms with E-state index in [0.29, 0.717) is 12.1 Å². The van der Waals surface area contributed by atoms with Crippen molar-refractivity contribution in [1.82, 2.24) is 0 Å². The van der Waals surface area contributed by atoms with Crippen LogP contribution in [0.15, 0.2) is 30.0 Å². The van der Waals surface area contributed by atoms with Crippen molar-refractivity contribution in [2.24, 2.45) is 0 Å². The quantitative estimate of drug-likeness (QED) is 0.808. The second-order valence-corrected chi connectivity index (χ2v) is 3.81. The van der Waals surface area contributed by atoms with Gasteiger partial charge in [-0.25, -0.2) is 0 Å². The van der Waals surface area contributed by atoms with Crippen molar-refractivity contribution in [3.63, 3.8) is 0 Å². The number of allylic oxidation sites excluding steroid dienone is 1. The van der Waals surface area contributed by atoms with Gasteiger partial charge in [-0.3, -0.25) is 4.79 Å². The zero-order valence-corrected chi connectivity index (χ0v) is 10.8. The lowest BCUT2D eigenvalue weighted by atomic mass is 10.1. The summed E-state index contributed by atoms with van der Waals surface area (Å²) in [5, 5.41) is 23.0. The van der Waals surface area contributed by atoms with Crippen molar-refractivity contribution >= 4 is 17.3 Å². The van der Waals surface area contributed by atoms with Gasteiger partial charge >= 0.3 is 0 Å². The van der Waals surface area contributed by atoms with E-state index in [4.69, 9.17) is 10.5 Å². The van der Waals surface area contributed by atoms with Crippen molar-refractivity contribution < 1.29 is 4.79 Å². The van der Waals surface area contributed by atoms with Crippen LogP contribution in [0.4, 0.5) is 11.4 Å². The summed E-state index contributed by atoms with van der Waals surface area (Å²) >= 11 is 0. The highest BCUT2D eigenvalue weighted by atomic mass is 16.1. The smallest absolute Gasteiger partial charge is 0.224 e. The van der Waals surface area contributed by atoms with E-state index in [9.17, 15) is 4.79 Å². The summed E-state index contributed by atoms with van der Waals surface area (Å²) in [5.74, 6) is -0.0643. The molecule has 5 nitrogen and oxygen atoms in total. The first-order valence-electron chi connectivity index (χ1n) is 5.78. The lowest BCUT2D eigenvalue weighted by Crippen LogP contribution is -2.11. The molecule has 19 heavy (non-hydrogen) atoms. The van der Waals surface area contributed by atoms with Crippen LogP contribution in [-0.2, 0) is 4.79 Å². The fourth-order valence-electron chi connectivity index (χ4n) is 1.41. The Morgan fingerprint density at radius 3 is 2.53 bits per heavy atom. The first kappa shape index (κ1) is 14.3. The van der Waals surface area contributed by atoms with Crippen molar-refractivity contribution in [1.29, 1.82) is 10.5 Å². The van der Waals surface area contributed by atoms with E-state index in [0.717, 1.165) is 11.3 Å². The monoisotopic (exact) mass is 254 g/mol. The lowest BCUT2D eigenvalue weighted by Gasteiger charge is -2.11. The predicted octanol–water partition coefficient (Wildman–Crippen LogP) is 2.69. The van der Waals surface area contributed by atoms with E-state index < -0.39 is 0 Å². The average Bonchev–Trinajstić information content (AvgIpc) is 2.43. The molecule has 96 valence electrons. The Morgan fingerprint density at radius 2 is 1.95 bits per heavy atom. The molecule has 0 spiro atoms. The Kier molecular flexibility index (Phi) is 5.13. The Labute approximate surface area is 112 Å². The Morgan fingerprint density at radius 1 is 1.32 bits per heavy atom. The summed E-state index contributed by atoms with van der Waals surface area (Å²) in [6.07, 6.45) is 1.75. The normalized spacial score (nSPS) is 8.84. The van der Waals surface area contributed by atoms with Gasteiger partial charge in [0.05, 0.1) is 0 Å². The van der Waals surface area contributed by atoms with E-state index in [-0.39, 0.29) is 11.5 Å². The molecule has 1 rings (SSSR count). The third-order valence-corrected chi connectivity index (χ3v) is 2.54. The third kappa shape index (κ3) is 3.86. The van der Waals surface area contributed by atoms with Crippen LogP contribution >= 0.6 is 0 Å². The molecule has 0 aliphatic heterocycles. The molecule has 0 fully saturated rings. The maximum Gasteiger partial charge on any atom is 0.224 e. The molecule has 0 aliphatic rings. The Hall–Kier alpha value is -2.79. The topological polar surface area (TPSA) is 88.7 Å². The van der Waals surface area contributed by atoms with Crippen LogP contribution in [0.25, 0.3) is 0 Å². The SMILES string of the molecule is CCC(=O)Nc1cccc(NC=C(C#N)C#N)c1C. The van der Waals surface area contributed by atoms with Gasteiger partial charge in [0.15, 0.2) is 0 Å². The van der Waals surface area contributed by atoms with Crippen molar-refractivity contribution in [3.8, 4) is 12.1 Å². The summed E-state index contributed by atoms with van der Waals surface area (Å²) < 4.78 is 0. The van der Waals surface area contributed by atoms with E-state index in [2.05, 4.69) is 10.6 Å². The number of carbonyl (C=O) groups is 1. The summed E-state index contributed by atoms with van der Waals surface area (Å²) in [5.41, 5.74) is 2.27. The predicted molar refractivity (Wildman–Crippen MR) is 73.0 cm³/mol. The van der Waals surface area contributed by atoms with Gasteiger partial charge < -0.3 is 10.6 Å². The molecule has 0 aliphatic carbocycles. The molecule has 0 unspecified atom stereocenters. The molecule has 0 heterocycles. The van der Waals surface area contributed by atoms with Crippen molar-refractivity contribution in [2.75, 3.05) is 10.6 Å². The minimum absolute atomic E-state index is 0.0117. The van der Waals surface area contributed by atoms with Crippen molar-refractivity contribution in [2.45, 2.75) is 20.3 Å². The van der Waals surface area contributed by atoms with Gasteiger partial charge in [0.1, 0.15) is 17.7 Å². The second-order valence-electron chi connectivity index (χ2n) is 3.81. The fraction of sp³-hybridized carbons (Fsp3) is 0.214. The van der Waals surface area contributed by atoms with Crippen molar-refractivity contribution in [3.05, 3.63) is 35.5 Å². The molecule has 0 saturated carbocycles. The lowest BCUT2D eigenvalue weighted by molar-refractivity contribution is -0.115.